The van der Waals surface area contributed by atoms with Crippen molar-refractivity contribution in [1.29, 1.82) is 0 Å². The van der Waals surface area contributed by atoms with Gasteiger partial charge in [0.05, 0.1) is 23.7 Å². The molecule has 0 saturated carbocycles. The fourth-order valence-corrected chi connectivity index (χ4v) is 3.93. The van der Waals surface area contributed by atoms with Gasteiger partial charge in [0.2, 0.25) is 5.91 Å². The van der Waals surface area contributed by atoms with Crippen molar-refractivity contribution in [1.82, 2.24) is 25.1 Å². The molecule has 158 valence electrons. The van der Waals surface area contributed by atoms with Gasteiger partial charge in [-0.2, -0.15) is 5.10 Å². The first-order chi connectivity index (χ1) is 15.0. The largest absolute Gasteiger partial charge is 0.349 e. The Bertz CT molecular complexity index is 1250. The summed E-state index contributed by atoms with van der Waals surface area (Å²) in [4.78, 5) is 32.1. The number of fused-ring (bicyclic) bond motifs is 1. The van der Waals surface area contributed by atoms with Crippen LogP contribution in [0.25, 0.3) is 16.7 Å². The number of nitrogens with one attached hydrogen (secondary N) is 2. The van der Waals surface area contributed by atoms with Gasteiger partial charge >= 0.3 is 0 Å². The number of hydrogen-bond acceptors (Lipinski definition) is 5. The van der Waals surface area contributed by atoms with Crippen LogP contribution < -0.4 is 10.9 Å². The molecule has 2 aromatic carbocycles. The maximum Gasteiger partial charge on any atom is 0.262 e. The molecule has 0 fully saturated rings. The van der Waals surface area contributed by atoms with E-state index in [-0.39, 0.29) is 23.3 Å². The van der Waals surface area contributed by atoms with E-state index >= 15 is 0 Å². The number of thioether (sulfide) groups is 1. The Morgan fingerprint density at radius 2 is 1.90 bits per heavy atom. The first-order valence-corrected chi connectivity index (χ1v) is 11.1. The number of benzene rings is 2. The summed E-state index contributed by atoms with van der Waals surface area (Å²) < 4.78 is 1.62. The van der Waals surface area contributed by atoms with E-state index in [1.54, 1.807) is 4.68 Å². The van der Waals surface area contributed by atoms with Crippen LogP contribution in [0.3, 0.4) is 0 Å². The average Bonchev–Trinajstić information content (AvgIpc) is 3.23. The highest BCUT2D eigenvalue weighted by molar-refractivity contribution is 7.99. The molecule has 0 saturated heterocycles. The Kier molecular flexibility index (Phi) is 6.18. The maximum atomic E-state index is 12.4. The van der Waals surface area contributed by atoms with E-state index in [1.807, 2.05) is 49.4 Å². The van der Waals surface area contributed by atoms with E-state index < -0.39 is 0 Å². The third kappa shape index (κ3) is 4.69. The van der Waals surface area contributed by atoms with Gasteiger partial charge in [-0.25, -0.2) is 9.67 Å². The summed E-state index contributed by atoms with van der Waals surface area (Å²) in [6.07, 6.45) is 2.48. The smallest absolute Gasteiger partial charge is 0.262 e. The van der Waals surface area contributed by atoms with E-state index in [1.165, 1.54) is 23.5 Å². The molecule has 2 N–H and O–H groups in total. The molecule has 4 aromatic rings. The number of carbonyl (C=O) groups excluding carboxylic acids is 1. The second-order valence-electron chi connectivity index (χ2n) is 7.17. The Morgan fingerprint density at radius 1 is 1.16 bits per heavy atom. The van der Waals surface area contributed by atoms with Gasteiger partial charge in [0.15, 0.2) is 10.8 Å². The van der Waals surface area contributed by atoms with Crippen LogP contribution in [0, 0.1) is 0 Å². The Hall–Kier alpha value is -3.39. The molecule has 1 atom stereocenters. The molecule has 0 bridgehead atoms. The van der Waals surface area contributed by atoms with Gasteiger partial charge in [-0.15, -0.1) is 0 Å². The van der Waals surface area contributed by atoms with Crippen molar-refractivity contribution in [3.8, 4) is 5.69 Å². The molecule has 4 rings (SSSR count). The molecule has 1 amide bonds. The van der Waals surface area contributed by atoms with Crippen LogP contribution in [-0.2, 0) is 11.2 Å². The summed E-state index contributed by atoms with van der Waals surface area (Å²) in [6.45, 7) is 4.06. The second-order valence-corrected chi connectivity index (χ2v) is 8.14. The number of rotatable bonds is 7. The number of aryl methyl sites for hydroxylation is 1. The molecule has 0 spiro atoms. The summed E-state index contributed by atoms with van der Waals surface area (Å²) in [5.41, 5.74) is 3.31. The fraction of sp³-hybridized carbons (Fsp3) is 0.217. The number of carbonyl (C=O) groups is 1. The summed E-state index contributed by atoms with van der Waals surface area (Å²) >= 11 is 1.19. The average molecular weight is 434 g/mol. The number of aromatic amines is 1. The summed E-state index contributed by atoms with van der Waals surface area (Å²) in [6, 6.07) is 17.6. The van der Waals surface area contributed by atoms with Gasteiger partial charge in [0.25, 0.3) is 5.56 Å². The number of H-pyrrole nitrogens is 1. The summed E-state index contributed by atoms with van der Waals surface area (Å²) in [7, 11) is 0. The number of aromatic nitrogens is 4. The van der Waals surface area contributed by atoms with E-state index in [0.717, 1.165) is 17.7 Å². The van der Waals surface area contributed by atoms with E-state index in [9.17, 15) is 9.59 Å². The van der Waals surface area contributed by atoms with Crippen molar-refractivity contribution < 1.29 is 4.79 Å². The number of hydrogen-bond donors (Lipinski definition) is 2. The third-order valence-electron chi connectivity index (χ3n) is 5.02. The second kappa shape index (κ2) is 9.18. The predicted molar refractivity (Wildman–Crippen MR) is 123 cm³/mol. The van der Waals surface area contributed by atoms with Crippen LogP contribution in [0.5, 0.6) is 0 Å². The normalized spacial score (nSPS) is 12.1. The topological polar surface area (TPSA) is 92.7 Å². The first kappa shape index (κ1) is 20.9. The molecule has 2 heterocycles. The van der Waals surface area contributed by atoms with Gasteiger partial charge in [-0.1, -0.05) is 61.2 Å². The molecule has 7 nitrogen and oxygen atoms in total. The Balaban J connectivity index is 1.46. The summed E-state index contributed by atoms with van der Waals surface area (Å²) in [5.74, 6) is 0.0158. The lowest BCUT2D eigenvalue weighted by molar-refractivity contribution is -0.119. The van der Waals surface area contributed by atoms with Crippen LogP contribution in [-0.4, -0.2) is 31.4 Å². The zero-order chi connectivity index (χ0) is 21.8. The highest BCUT2D eigenvalue weighted by Crippen LogP contribution is 2.18. The van der Waals surface area contributed by atoms with Gasteiger partial charge in [-0.3, -0.25) is 9.59 Å². The van der Waals surface area contributed by atoms with Crippen molar-refractivity contribution in [3.63, 3.8) is 0 Å². The maximum absolute atomic E-state index is 12.4. The van der Waals surface area contributed by atoms with Gasteiger partial charge in [0.1, 0.15) is 5.39 Å². The van der Waals surface area contributed by atoms with Crippen LogP contribution in [0.1, 0.15) is 31.0 Å². The Morgan fingerprint density at radius 3 is 2.61 bits per heavy atom. The van der Waals surface area contributed by atoms with E-state index in [0.29, 0.717) is 16.2 Å². The highest BCUT2D eigenvalue weighted by atomic mass is 32.2. The molecule has 0 aliphatic heterocycles. The Labute approximate surface area is 183 Å². The molecular weight excluding hydrogens is 410 g/mol. The van der Waals surface area contributed by atoms with Crippen LogP contribution in [0.4, 0.5) is 0 Å². The SMILES string of the molecule is CCc1ccc([C@H](C)NC(=O)CSc2nc3c(cnn3-c3ccccc3)c(=O)[nH]2)cc1. The lowest BCUT2D eigenvalue weighted by Gasteiger charge is -2.14. The van der Waals surface area contributed by atoms with Crippen molar-refractivity contribution >= 4 is 28.7 Å². The van der Waals surface area contributed by atoms with Crippen LogP contribution in [0.2, 0.25) is 0 Å². The van der Waals surface area contributed by atoms with Crippen molar-refractivity contribution in [2.45, 2.75) is 31.5 Å². The van der Waals surface area contributed by atoms with Gasteiger partial charge < -0.3 is 10.3 Å². The minimum absolute atomic E-state index is 0.104. The number of para-hydroxylation sites is 1. The molecule has 31 heavy (non-hydrogen) atoms. The molecule has 0 radical (unpaired) electrons. The van der Waals surface area contributed by atoms with Crippen molar-refractivity contribution in [2.75, 3.05) is 5.75 Å². The zero-order valence-corrected chi connectivity index (χ0v) is 18.1. The lowest BCUT2D eigenvalue weighted by Crippen LogP contribution is -2.28. The minimum atomic E-state index is -0.278. The predicted octanol–water partition coefficient (Wildman–Crippen LogP) is 3.64. The highest BCUT2D eigenvalue weighted by Gasteiger charge is 2.14. The van der Waals surface area contributed by atoms with E-state index in [4.69, 9.17) is 0 Å². The molecular formula is C23H23N5O2S. The molecule has 0 unspecified atom stereocenters. The first-order valence-electron chi connectivity index (χ1n) is 10.1. The molecule has 8 heteroatoms. The fourth-order valence-electron chi connectivity index (χ4n) is 3.27. The number of nitrogens with zero attached hydrogens (tertiary/aromatic N) is 3. The van der Waals surface area contributed by atoms with Gasteiger partial charge in [-0.05, 0) is 36.6 Å². The van der Waals surface area contributed by atoms with Crippen molar-refractivity contribution in [2.24, 2.45) is 0 Å². The van der Waals surface area contributed by atoms with Crippen LogP contribution >= 0.6 is 11.8 Å². The quantitative estimate of drug-likeness (QED) is 0.343. The lowest BCUT2D eigenvalue weighted by atomic mass is 10.1. The molecule has 0 aliphatic carbocycles. The number of amides is 1. The minimum Gasteiger partial charge on any atom is -0.349 e. The molecule has 2 aromatic heterocycles. The monoisotopic (exact) mass is 433 g/mol. The molecule has 0 aliphatic rings. The zero-order valence-electron chi connectivity index (χ0n) is 17.3. The van der Waals surface area contributed by atoms with E-state index in [2.05, 4.69) is 39.4 Å². The van der Waals surface area contributed by atoms with Crippen LogP contribution in [0.15, 0.2) is 70.7 Å². The standard InChI is InChI=1S/C23H23N5O2S/c1-3-16-9-11-17(12-10-16)15(2)25-20(29)14-31-23-26-21-19(22(30)27-23)13-24-28(21)18-7-5-4-6-8-18/h4-13,15H,3,14H2,1-2H3,(H,25,29)(H,26,27,30)/t15-/m0/s1. The van der Waals surface area contributed by atoms with Gasteiger partial charge in [0, 0.05) is 0 Å². The van der Waals surface area contributed by atoms with Crippen molar-refractivity contribution in [3.05, 3.63) is 82.3 Å². The summed E-state index contributed by atoms with van der Waals surface area (Å²) in [5, 5.41) is 8.07. The third-order valence-corrected chi connectivity index (χ3v) is 5.90.